The Morgan fingerprint density at radius 3 is 2.76 bits per heavy atom. The summed E-state index contributed by atoms with van der Waals surface area (Å²) in [6.07, 6.45) is 2.34. The Morgan fingerprint density at radius 2 is 1.95 bits per heavy atom. The first kappa shape index (κ1) is 14.8. The third-order valence-corrected chi connectivity index (χ3v) is 5.18. The van der Waals surface area contributed by atoms with E-state index in [4.69, 9.17) is 0 Å². The summed E-state index contributed by atoms with van der Waals surface area (Å²) < 4.78 is 0. The number of hydrogen-bond acceptors (Lipinski definition) is 3. The van der Waals surface area contributed by atoms with Crippen molar-refractivity contribution in [1.29, 1.82) is 0 Å². The minimum atomic E-state index is 1.05. The predicted octanol–water partition coefficient (Wildman–Crippen LogP) is 3.46. The van der Waals surface area contributed by atoms with Crippen LogP contribution in [0.25, 0.3) is 0 Å². The van der Waals surface area contributed by atoms with Gasteiger partial charge in [0.15, 0.2) is 0 Å². The predicted molar refractivity (Wildman–Crippen MR) is 90.8 cm³/mol. The van der Waals surface area contributed by atoms with E-state index in [-0.39, 0.29) is 0 Å². The van der Waals surface area contributed by atoms with E-state index in [2.05, 4.69) is 52.9 Å². The van der Waals surface area contributed by atoms with Crippen molar-refractivity contribution in [2.75, 3.05) is 19.6 Å². The maximum Gasteiger partial charge on any atom is 0.0248 e. The molecular weight excluding hydrogens is 276 g/mol. The number of rotatable bonds is 6. The van der Waals surface area contributed by atoms with Crippen molar-refractivity contribution in [3.05, 3.63) is 57.3 Å². The maximum absolute atomic E-state index is 3.38. The molecule has 1 aromatic carbocycles. The molecule has 0 saturated heterocycles. The van der Waals surface area contributed by atoms with Crippen molar-refractivity contribution in [3.63, 3.8) is 0 Å². The SMILES string of the molecule is CCNCCc1ccc(CN2CCc3sccc3C2)cc1. The molecule has 3 rings (SSSR count). The number of likely N-dealkylation sites (N-methyl/N-ethyl adjacent to an activating group) is 1. The molecule has 0 spiro atoms. The molecule has 2 heterocycles. The van der Waals surface area contributed by atoms with Gasteiger partial charge in [0.05, 0.1) is 0 Å². The van der Waals surface area contributed by atoms with E-state index in [1.54, 1.807) is 4.88 Å². The van der Waals surface area contributed by atoms with E-state index in [1.165, 1.54) is 29.7 Å². The second-order valence-electron chi connectivity index (χ2n) is 5.75. The van der Waals surface area contributed by atoms with Crippen LogP contribution in [0.15, 0.2) is 35.7 Å². The normalized spacial score (nSPS) is 15.1. The van der Waals surface area contributed by atoms with Gasteiger partial charge in [-0.15, -0.1) is 11.3 Å². The van der Waals surface area contributed by atoms with E-state index in [0.29, 0.717) is 0 Å². The molecule has 1 aromatic heterocycles. The molecule has 3 heteroatoms. The van der Waals surface area contributed by atoms with Crippen LogP contribution >= 0.6 is 11.3 Å². The lowest BCUT2D eigenvalue weighted by Gasteiger charge is -2.26. The van der Waals surface area contributed by atoms with E-state index >= 15 is 0 Å². The lowest BCUT2D eigenvalue weighted by Crippen LogP contribution is -2.29. The molecule has 2 aromatic rings. The first-order chi connectivity index (χ1) is 10.3. The Labute approximate surface area is 131 Å². The van der Waals surface area contributed by atoms with Crippen LogP contribution in [-0.2, 0) is 25.9 Å². The lowest BCUT2D eigenvalue weighted by atomic mass is 10.1. The topological polar surface area (TPSA) is 15.3 Å². The quantitative estimate of drug-likeness (QED) is 0.822. The number of benzene rings is 1. The molecule has 0 radical (unpaired) electrons. The second-order valence-corrected chi connectivity index (χ2v) is 6.75. The highest BCUT2D eigenvalue weighted by atomic mass is 32.1. The third-order valence-electron chi connectivity index (χ3n) is 4.16. The highest BCUT2D eigenvalue weighted by molar-refractivity contribution is 7.10. The van der Waals surface area contributed by atoms with Gasteiger partial charge < -0.3 is 5.32 Å². The van der Waals surface area contributed by atoms with E-state index in [9.17, 15) is 0 Å². The van der Waals surface area contributed by atoms with Crippen LogP contribution in [0.1, 0.15) is 28.5 Å². The van der Waals surface area contributed by atoms with Gasteiger partial charge in [-0.05, 0) is 54.1 Å². The van der Waals surface area contributed by atoms with Crippen molar-refractivity contribution < 1.29 is 0 Å². The fourth-order valence-electron chi connectivity index (χ4n) is 2.92. The zero-order valence-corrected chi connectivity index (χ0v) is 13.6. The van der Waals surface area contributed by atoms with Crippen LogP contribution < -0.4 is 5.32 Å². The van der Waals surface area contributed by atoms with Gasteiger partial charge in [0.1, 0.15) is 0 Å². The van der Waals surface area contributed by atoms with Gasteiger partial charge >= 0.3 is 0 Å². The number of fused-ring (bicyclic) bond motifs is 1. The highest BCUT2D eigenvalue weighted by Crippen LogP contribution is 2.25. The third kappa shape index (κ3) is 3.94. The molecule has 1 aliphatic rings. The molecule has 1 N–H and O–H groups in total. The summed E-state index contributed by atoms with van der Waals surface area (Å²) in [6.45, 7) is 7.65. The Balaban J connectivity index is 1.54. The lowest BCUT2D eigenvalue weighted by molar-refractivity contribution is 0.247. The minimum absolute atomic E-state index is 1.05. The molecule has 0 atom stereocenters. The summed E-state index contributed by atoms with van der Waals surface area (Å²) in [4.78, 5) is 4.15. The second kappa shape index (κ2) is 7.21. The number of hydrogen-bond donors (Lipinski definition) is 1. The van der Waals surface area contributed by atoms with Gasteiger partial charge in [0.25, 0.3) is 0 Å². The molecular formula is C18H24N2S. The number of nitrogens with one attached hydrogen (secondary N) is 1. The number of nitrogens with zero attached hydrogens (tertiary/aromatic N) is 1. The van der Waals surface area contributed by atoms with Crippen molar-refractivity contribution >= 4 is 11.3 Å². The Kier molecular flexibility index (Phi) is 5.07. The fraction of sp³-hybridized carbons (Fsp3) is 0.444. The first-order valence-corrected chi connectivity index (χ1v) is 8.79. The molecule has 0 unspecified atom stereocenters. The fourth-order valence-corrected chi connectivity index (χ4v) is 3.81. The molecule has 0 saturated carbocycles. The largest absolute Gasteiger partial charge is 0.317 e. The molecule has 21 heavy (non-hydrogen) atoms. The maximum atomic E-state index is 3.38. The van der Waals surface area contributed by atoms with Crippen molar-refractivity contribution in [1.82, 2.24) is 10.2 Å². The van der Waals surface area contributed by atoms with E-state index in [1.807, 2.05) is 11.3 Å². The van der Waals surface area contributed by atoms with Crippen LogP contribution in [0.3, 0.4) is 0 Å². The Hall–Kier alpha value is -1.16. The van der Waals surface area contributed by atoms with Crippen LogP contribution in [0.5, 0.6) is 0 Å². The molecule has 1 aliphatic heterocycles. The van der Waals surface area contributed by atoms with Gasteiger partial charge in [-0.25, -0.2) is 0 Å². The average molecular weight is 300 g/mol. The summed E-state index contributed by atoms with van der Waals surface area (Å²) in [5, 5.41) is 5.61. The minimum Gasteiger partial charge on any atom is -0.317 e. The van der Waals surface area contributed by atoms with Gasteiger partial charge in [-0.3, -0.25) is 4.90 Å². The average Bonchev–Trinajstić information content (AvgIpc) is 2.97. The molecule has 0 fully saturated rings. The molecule has 0 aliphatic carbocycles. The zero-order valence-electron chi connectivity index (χ0n) is 12.8. The Bertz CT molecular complexity index is 559. The van der Waals surface area contributed by atoms with Gasteiger partial charge in [0, 0.05) is 24.5 Å². The van der Waals surface area contributed by atoms with Gasteiger partial charge in [-0.2, -0.15) is 0 Å². The summed E-state index contributed by atoms with van der Waals surface area (Å²) >= 11 is 1.91. The zero-order chi connectivity index (χ0) is 14.5. The monoisotopic (exact) mass is 300 g/mol. The van der Waals surface area contributed by atoms with E-state index < -0.39 is 0 Å². The summed E-state index contributed by atoms with van der Waals surface area (Å²) in [5.74, 6) is 0. The van der Waals surface area contributed by atoms with Crippen molar-refractivity contribution in [2.24, 2.45) is 0 Å². The van der Waals surface area contributed by atoms with E-state index in [0.717, 1.165) is 32.6 Å². The molecule has 112 valence electrons. The van der Waals surface area contributed by atoms with Crippen molar-refractivity contribution in [2.45, 2.75) is 32.9 Å². The summed E-state index contributed by atoms with van der Waals surface area (Å²) in [5.41, 5.74) is 4.40. The van der Waals surface area contributed by atoms with Crippen LogP contribution in [0.4, 0.5) is 0 Å². The first-order valence-electron chi connectivity index (χ1n) is 7.91. The number of thiophene rings is 1. The van der Waals surface area contributed by atoms with Crippen molar-refractivity contribution in [3.8, 4) is 0 Å². The highest BCUT2D eigenvalue weighted by Gasteiger charge is 2.16. The summed E-state index contributed by atoms with van der Waals surface area (Å²) in [6, 6.07) is 11.4. The van der Waals surface area contributed by atoms with Crippen LogP contribution in [-0.4, -0.2) is 24.5 Å². The van der Waals surface area contributed by atoms with Crippen LogP contribution in [0, 0.1) is 0 Å². The molecule has 0 bridgehead atoms. The standard InChI is InChI=1S/C18H24N2S/c1-2-19-10-7-15-3-5-16(6-4-15)13-20-11-8-18-17(14-20)9-12-21-18/h3-6,9,12,19H,2,7-8,10-11,13-14H2,1H3. The Morgan fingerprint density at radius 1 is 1.14 bits per heavy atom. The van der Waals surface area contributed by atoms with Gasteiger partial charge in [0.2, 0.25) is 0 Å². The van der Waals surface area contributed by atoms with Crippen LogP contribution in [0.2, 0.25) is 0 Å². The molecule has 2 nitrogen and oxygen atoms in total. The molecule has 0 amide bonds. The smallest absolute Gasteiger partial charge is 0.0248 e. The van der Waals surface area contributed by atoms with Gasteiger partial charge in [-0.1, -0.05) is 31.2 Å². The summed E-state index contributed by atoms with van der Waals surface area (Å²) in [7, 11) is 0.